The van der Waals surface area contributed by atoms with E-state index in [1.807, 2.05) is 24.3 Å². The van der Waals surface area contributed by atoms with Crippen LogP contribution in [0.2, 0.25) is 18.1 Å². The summed E-state index contributed by atoms with van der Waals surface area (Å²) in [5.41, 5.74) is 0.364. The van der Waals surface area contributed by atoms with Crippen LogP contribution in [0.4, 0.5) is 0 Å². The fourth-order valence-corrected chi connectivity index (χ4v) is 9.58. The van der Waals surface area contributed by atoms with E-state index in [2.05, 4.69) is 41.2 Å². The van der Waals surface area contributed by atoms with Crippen molar-refractivity contribution >= 4 is 20.3 Å². The van der Waals surface area contributed by atoms with Crippen LogP contribution in [0.1, 0.15) is 104 Å². The summed E-state index contributed by atoms with van der Waals surface area (Å²) >= 11 is 0. The maximum absolute atomic E-state index is 13.3. The Morgan fingerprint density at radius 2 is 1.75 bits per heavy atom. The van der Waals surface area contributed by atoms with E-state index >= 15 is 0 Å². The van der Waals surface area contributed by atoms with Crippen molar-refractivity contribution in [2.45, 2.75) is 147 Å². The summed E-state index contributed by atoms with van der Waals surface area (Å²) in [5.74, 6) is -0.432. The Bertz CT molecular complexity index is 1120. The molecule has 9 nitrogen and oxygen atoms in total. The Labute approximate surface area is 290 Å². The standard InChI is InChI=1S/C38H62O9Si/c1-8-13-22-37(34(29-44-48(10-3,11-4)12-5)45-36(40)19-18-35(39)43-26-9-2)24-25-38(47-37)23-20-30(6)33(46-38)21-27-42-28-31-14-16-32(41-7)17-15-31/h9,14-17,30,33-34H,2,8,10-13,18-29H2,1,3-7H3/t30-,33+,34-,37+,38-/m0/s1. The quantitative estimate of drug-likeness (QED) is 0.0515. The van der Waals surface area contributed by atoms with Crippen LogP contribution in [0, 0.1) is 5.92 Å². The topological polar surface area (TPSA) is 98.8 Å². The molecular weight excluding hydrogens is 628 g/mol. The third-order valence-electron chi connectivity index (χ3n) is 10.5. The first-order chi connectivity index (χ1) is 23.1. The summed E-state index contributed by atoms with van der Waals surface area (Å²) in [4.78, 5) is 25.4. The monoisotopic (exact) mass is 690 g/mol. The maximum Gasteiger partial charge on any atom is 0.306 e. The molecule has 10 heteroatoms. The van der Waals surface area contributed by atoms with Crippen LogP contribution in [0.25, 0.3) is 0 Å². The normalized spacial score (nSPS) is 24.7. The van der Waals surface area contributed by atoms with Gasteiger partial charge in [0, 0.05) is 19.4 Å². The average Bonchev–Trinajstić information content (AvgIpc) is 3.47. The van der Waals surface area contributed by atoms with E-state index < -0.39 is 37.7 Å². The zero-order chi connectivity index (χ0) is 35.0. The molecule has 48 heavy (non-hydrogen) atoms. The highest BCUT2D eigenvalue weighted by molar-refractivity contribution is 6.73. The molecular formula is C38H62O9Si. The lowest BCUT2D eigenvalue weighted by molar-refractivity contribution is -0.314. The van der Waals surface area contributed by atoms with Crippen LogP contribution in [-0.2, 0) is 44.3 Å². The highest BCUT2D eigenvalue weighted by Crippen LogP contribution is 2.50. The molecule has 3 rings (SSSR count). The summed E-state index contributed by atoms with van der Waals surface area (Å²) in [7, 11) is -0.333. The summed E-state index contributed by atoms with van der Waals surface area (Å²) in [6.45, 7) is 16.1. The van der Waals surface area contributed by atoms with Crippen LogP contribution >= 0.6 is 0 Å². The minimum absolute atomic E-state index is 0.00393. The molecule has 2 fully saturated rings. The molecule has 0 unspecified atom stereocenters. The molecule has 1 aromatic rings. The fourth-order valence-electron chi connectivity index (χ4n) is 6.96. The predicted molar refractivity (Wildman–Crippen MR) is 189 cm³/mol. The number of hydrogen-bond donors (Lipinski definition) is 0. The number of carbonyl (C=O) groups is 2. The molecule has 0 saturated carbocycles. The Kier molecular flexibility index (Phi) is 16.6. The maximum atomic E-state index is 13.3. The van der Waals surface area contributed by atoms with Gasteiger partial charge < -0.3 is 32.8 Å². The molecule has 0 aliphatic carbocycles. The van der Waals surface area contributed by atoms with Crippen molar-refractivity contribution in [1.29, 1.82) is 0 Å². The Balaban J connectivity index is 1.74. The third-order valence-corrected chi connectivity index (χ3v) is 15.1. The SMILES string of the molecule is C=CCOC(=O)CCC(=O)O[C@@H](CO[Si](CC)(CC)CC)[C@@]1(CCCC)CC[C@]2(CC[C@H](C)[C@@H](CCOCc3ccc(OC)cc3)O2)O1. The molecule has 2 aliphatic rings. The van der Waals surface area contributed by atoms with Gasteiger partial charge in [0.1, 0.15) is 18.0 Å². The van der Waals surface area contributed by atoms with Crippen LogP contribution in [0.5, 0.6) is 5.75 Å². The molecule has 2 saturated heterocycles. The van der Waals surface area contributed by atoms with Gasteiger partial charge in [-0.1, -0.05) is 72.2 Å². The van der Waals surface area contributed by atoms with E-state index in [1.165, 1.54) is 6.08 Å². The lowest BCUT2D eigenvalue weighted by Crippen LogP contribution is -2.53. The number of carbonyl (C=O) groups excluding carboxylic acids is 2. The molecule has 2 heterocycles. The van der Waals surface area contributed by atoms with Crippen molar-refractivity contribution in [3.8, 4) is 5.75 Å². The number of ether oxygens (including phenoxy) is 6. The first-order valence-corrected chi connectivity index (χ1v) is 20.8. The molecule has 2 aliphatic heterocycles. The van der Waals surface area contributed by atoms with Gasteiger partial charge in [0.25, 0.3) is 0 Å². The van der Waals surface area contributed by atoms with Crippen molar-refractivity contribution < 1.29 is 42.4 Å². The Morgan fingerprint density at radius 3 is 2.40 bits per heavy atom. The third kappa shape index (κ3) is 11.4. The number of unbranched alkanes of at least 4 members (excludes halogenated alkanes) is 1. The number of esters is 2. The molecule has 0 N–H and O–H groups in total. The minimum Gasteiger partial charge on any atom is -0.497 e. The number of methoxy groups -OCH3 is 1. The Morgan fingerprint density at radius 1 is 1.04 bits per heavy atom. The molecule has 5 atom stereocenters. The molecule has 1 aromatic carbocycles. The van der Waals surface area contributed by atoms with Crippen molar-refractivity contribution in [2.24, 2.45) is 5.92 Å². The highest BCUT2D eigenvalue weighted by Gasteiger charge is 2.57. The largest absolute Gasteiger partial charge is 0.497 e. The summed E-state index contributed by atoms with van der Waals surface area (Å²) in [6, 6.07) is 10.9. The second-order valence-corrected chi connectivity index (χ2v) is 18.3. The van der Waals surface area contributed by atoms with Crippen LogP contribution in [0.15, 0.2) is 36.9 Å². The molecule has 0 aromatic heterocycles. The first-order valence-electron chi connectivity index (χ1n) is 18.3. The summed E-state index contributed by atoms with van der Waals surface area (Å²) < 4.78 is 43.5. The van der Waals surface area contributed by atoms with E-state index in [1.54, 1.807) is 7.11 Å². The van der Waals surface area contributed by atoms with Crippen molar-refractivity contribution in [3.05, 3.63) is 42.5 Å². The van der Waals surface area contributed by atoms with Crippen LogP contribution < -0.4 is 4.74 Å². The van der Waals surface area contributed by atoms with Gasteiger partial charge in [0.15, 0.2) is 20.2 Å². The molecule has 0 bridgehead atoms. The zero-order valence-electron chi connectivity index (χ0n) is 30.5. The van der Waals surface area contributed by atoms with Crippen molar-refractivity contribution in [2.75, 3.05) is 26.9 Å². The molecule has 272 valence electrons. The van der Waals surface area contributed by atoms with Gasteiger partial charge in [0.2, 0.25) is 0 Å². The average molecular weight is 691 g/mol. The van der Waals surface area contributed by atoms with Gasteiger partial charge in [-0.15, -0.1) is 0 Å². The van der Waals surface area contributed by atoms with Gasteiger partial charge in [-0.25, -0.2) is 0 Å². The second kappa shape index (κ2) is 19.8. The van der Waals surface area contributed by atoms with Crippen molar-refractivity contribution in [1.82, 2.24) is 0 Å². The smallest absolute Gasteiger partial charge is 0.306 e. The summed E-state index contributed by atoms with van der Waals surface area (Å²) in [5, 5.41) is 0. The van der Waals surface area contributed by atoms with E-state index in [0.717, 1.165) is 74.4 Å². The minimum atomic E-state index is -2.00. The first kappa shape index (κ1) is 40.2. The highest BCUT2D eigenvalue weighted by atomic mass is 28.4. The predicted octanol–water partition coefficient (Wildman–Crippen LogP) is 8.30. The zero-order valence-corrected chi connectivity index (χ0v) is 31.5. The molecule has 0 amide bonds. The lowest BCUT2D eigenvalue weighted by atomic mass is 9.86. The Hall–Kier alpha value is -2.24. The van der Waals surface area contributed by atoms with Gasteiger partial charge in [-0.2, -0.15) is 0 Å². The number of rotatable bonds is 22. The summed E-state index contributed by atoms with van der Waals surface area (Å²) in [6.07, 6.45) is 7.42. The molecule has 1 spiro atoms. The second-order valence-electron chi connectivity index (χ2n) is 13.5. The van der Waals surface area contributed by atoms with Gasteiger partial charge in [-0.3, -0.25) is 9.59 Å². The number of hydrogen-bond acceptors (Lipinski definition) is 9. The van der Waals surface area contributed by atoms with E-state index in [9.17, 15) is 9.59 Å². The van der Waals surface area contributed by atoms with Gasteiger partial charge >= 0.3 is 11.9 Å². The number of benzene rings is 1. The van der Waals surface area contributed by atoms with Gasteiger partial charge in [-0.05, 0) is 67.4 Å². The van der Waals surface area contributed by atoms with E-state index in [-0.39, 0.29) is 32.2 Å². The van der Waals surface area contributed by atoms with E-state index in [0.29, 0.717) is 25.6 Å². The van der Waals surface area contributed by atoms with E-state index in [4.69, 9.17) is 32.8 Å². The molecule has 0 radical (unpaired) electrons. The van der Waals surface area contributed by atoms with Gasteiger partial charge in [0.05, 0.1) is 39.3 Å². The fraction of sp³-hybridized carbons (Fsp3) is 0.737. The van der Waals surface area contributed by atoms with Crippen LogP contribution in [-0.4, -0.2) is 70.8 Å². The lowest BCUT2D eigenvalue weighted by Gasteiger charge is -2.45. The van der Waals surface area contributed by atoms with Crippen LogP contribution in [0.3, 0.4) is 0 Å². The van der Waals surface area contributed by atoms with Crippen molar-refractivity contribution in [3.63, 3.8) is 0 Å².